The van der Waals surface area contributed by atoms with Crippen LogP contribution in [0.1, 0.15) is 58.8 Å². The molecule has 2 unspecified atom stereocenters. The average Bonchev–Trinajstić information content (AvgIpc) is 3.00. The average molecular weight is 252 g/mol. The standard InChI is InChI=1S/C15H28N2O/c1-3-8-15(9-10-16-11-15)14(18)17-12(2)13-6-4-5-7-13/h12-13,16H,3-11H2,1-2H3,(H,17,18). The number of carbonyl (C=O) groups excluding carboxylic acids is 1. The lowest BCUT2D eigenvalue weighted by molar-refractivity contribution is -0.131. The summed E-state index contributed by atoms with van der Waals surface area (Å²) >= 11 is 0. The van der Waals surface area contributed by atoms with E-state index in [0.29, 0.717) is 17.9 Å². The molecule has 1 saturated carbocycles. The van der Waals surface area contributed by atoms with Gasteiger partial charge in [-0.05, 0) is 45.1 Å². The second-order valence-corrected chi connectivity index (χ2v) is 6.26. The van der Waals surface area contributed by atoms with Crippen molar-refractivity contribution in [3.8, 4) is 0 Å². The molecule has 104 valence electrons. The van der Waals surface area contributed by atoms with Gasteiger partial charge in [0.15, 0.2) is 0 Å². The second kappa shape index (κ2) is 6.05. The van der Waals surface area contributed by atoms with Crippen LogP contribution in [0.3, 0.4) is 0 Å². The number of hydrogen-bond acceptors (Lipinski definition) is 2. The van der Waals surface area contributed by atoms with Crippen LogP contribution in [0.4, 0.5) is 0 Å². The van der Waals surface area contributed by atoms with Crippen molar-refractivity contribution >= 4 is 5.91 Å². The van der Waals surface area contributed by atoms with E-state index in [1.165, 1.54) is 25.7 Å². The van der Waals surface area contributed by atoms with Gasteiger partial charge in [-0.3, -0.25) is 4.79 Å². The van der Waals surface area contributed by atoms with E-state index in [1.54, 1.807) is 0 Å². The molecule has 0 radical (unpaired) electrons. The van der Waals surface area contributed by atoms with Crippen molar-refractivity contribution in [3.05, 3.63) is 0 Å². The molecule has 1 heterocycles. The first-order valence-corrected chi connectivity index (χ1v) is 7.69. The minimum absolute atomic E-state index is 0.123. The van der Waals surface area contributed by atoms with Crippen LogP contribution in [0, 0.1) is 11.3 Å². The zero-order chi connectivity index (χ0) is 13.0. The third-order valence-electron chi connectivity index (χ3n) is 4.92. The summed E-state index contributed by atoms with van der Waals surface area (Å²) in [6, 6.07) is 0.356. The van der Waals surface area contributed by atoms with E-state index in [2.05, 4.69) is 24.5 Å². The normalized spacial score (nSPS) is 30.6. The Hall–Kier alpha value is -0.570. The van der Waals surface area contributed by atoms with Crippen LogP contribution < -0.4 is 10.6 Å². The van der Waals surface area contributed by atoms with Crippen molar-refractivity contribution in [2.75, 3.05) is 13.1 Å². The van der Waals surface area contributed by atoms with Crippen LogP contribution in [0.25, 0.3) is 0 Å². The van der Waals surface area contributed by atoms with Gasteiger partial charge in [-0.25, -0.2) is 0 Å². The van der Waals surface area contributed by atoms with E-state index in [1.807, 2.05) is 0 Å². The van der Waals surface area contributed by atoms with E-state index >= 15 is 0 Å². The monoisotopic (exact) mass is 252 g/mol. The molecule has 18 heavy (non-hydrogen) atoms. The fraction of sp³-hybridized carbons (Fsp3) is 0.933. The Labute approximate surface area is 111 Å². The van der Waals surface area contributed by atoms with Crippen LogP contribution in [-0.2, 0) is 4.79 Å². The van der Waals surface area contributed by atoms with E-state index in [-0.39, 0.29) is 5.41 Å². The van der Waals surface area contributed by atoms with Crippen molar-refractivity contribution in [2.24, 2.45) is 11.3 Å². The third-order valence-corrected chi connectivity index (χ3v) is 4.92. The summed E-state index contributed by atoms with van der Waals surface area (Å²) in [5, 5.41) is 6.67. The largest absolute Gasteiger partial charge is 0.353 e. The van der Waals surface area contributed by atoms with Crippen LogP contribution in [0.15, 0.2) is 0 Å². The van der Waals surface area contributed by atoms with Crippen molar-refractivity contribution in [1.29, 1.82) is 0 Å². The molecule has 1 saturated heterocycles. The zero-order valence-corrected chi connectivity index (χ0v) is 11.9. The fourth-order valence-electron chi connectivity index (χ4n) is 3.68. The first-order chi connectivity index (χ1) is 8.68. The lowest BCUT2D eigenvalue weighted by Gasteiger charge is -2.30. The molecule has 0 aromatic rings. The number of rotatable bonds is 5. The summed E-state index contributed by atoms with van der Waals surface area (Å²) in [5.41, 5.74) is -0.123. The molecule has 1 amide bonds. The molecule has 2 atom stereocenters. The van der Waals surface area contributed by atoms with E-state index < -0.39 is 0 Å². The number of nitrogens with one attached hydrogen (secondary N) is 2. The maximum atomic E-state index is 12.6. The minimum atomic E-state index is -0.123. The predicted molar refractivity (Wildman–Crippen MR) is 74.4 cm³/mol. The Morgan fingerprint density at radius 1 is 1.44 bits per heavy atom. The van der Waals surface area contributed by atoms with Gasteiger partial charge in [-0.1, -0.05) is 26.2 Å². The smallest absolute Gasteiger partial charge is 0.227 e. The van der Waals surface area contributed by atoms with Gasteiger partial charge in [-0.2, -0.15) is 0 Å². The Morgan fingerprint density at radius 2 is 2.17 bits per heavy atom. The highest BCUT2D eigenvalue weighted by molar-refractivity contribution is 5.83. The van der Waals surface area contributed by atoms with Gasteiger partial charge in [0.2, 0.25) is 5.91 Å². The molecule has 1 aliphatic carbocycles. The van der Waals surface area contributed by atoms with Gasteiger partial charge in [0.25, 0.3) is 0 Å². The van der Waals surface area contributed by atoms with Crippen LogP contribution in [0.5, 0.6) is 0 Å². The fourth-order valence-corrected chi connectivity index (χ4v) is 3.68. The van der Waals surface area contributed by atoms with Crippen LogP contribution >= 0.6 is 0 Å². The highest BCUT2D eigenvalue weighted by Gasteiger charge is 2.41. The van der Waals surface area contributed by atoms with Crippen molar-refractivity contribution in [3.63, 3.8) is 0 Å². The molecule has 2 rings (SSSR count). The van der Waals surface area contributed by atoms with Gasteiger partial charge in [0, 0.05) is 12.6 Å². The first kappa shape index (κ1) is 13.9. The highest BCUT2D eigenvalue weighted by Crippen LogP contribution is 2.33. The molecular formula is C15H28N2O. The number of hydrogen-bond donors (Lipinski definition) is 2. The molecule has 0 bridgehead atoms. The van der Waals surface area contributed by atoms with E-state index in [9.17, 15) is 4.79 Å². The Kier molecular flexibility index (Phi) is 4.66. The summed E-state index contributed by atoms with van der Waals surface area (Å²) in [7, 11) is 0. The summed E-state index contributed by atoms with van der Waals surface area (Å²) in [5.74, 6) is 1.01. The Balaban J connectivity index is 1.92. The molecule has 1 aliphatic heterocycles. The Morgan fingerprint density at radius 3 is 2.72 bits per heavy atom. The molecule has 3 heteroatoms. The minimum Gasteiger partial charge on any atom is -0.353 e. The van der Waals surface area contributed by atoms with Gasteiger partial charge in [0.1, 0.15) is 0 Å². The second-order valence-electron chi connectivity index (χ2n) is 6.26. The molecule has 0 aromatic heterocycles. The lowest BCUT2D eigenvalue weighted by atomic mass is 9.81. The number of carbonyl (C=O) groups is 1. The van der Waals surface area contributed by atoms with Crippen molar-refractivity contribution in [2.45, 2.75) is 64.8 Å². The van der Waals surface area contributed by atoms with Gasteiger partial charge < -0.3 is 10.6 Å². The maximum absolute atomic E-state index is 12.6. The summed E-state index contributed by atoms with van der Waals surface area (Å²) in [6.45, 7) is 6.22. The SMILES string of the molecule is CCCC1(C(=O)NC(C)C2CCCC2)CCNC1. The first-order valence-electron chi connectivity index (χ1n) is 7.69. The number of amides is 1. The molecule has 3 nitrogen and oxygen atoms in total. The van der Waals surface area contributed by atoms with Crippen LogP contribution in [0.2, 0.25) is 0 Å². The van der Waals surface area contributed by atoms with Gasteiger partial charge >= 0.3 is 0 Å². The van der Waals surface area contributed by atoms with Crippen molar-refractivity contribution < 1.29 is 4.79 Å². The van der Waals surface area contributed by atoms with E-state index in [4.69, 9.17) is 0 Å². The van der Waals surface area contributed by atoms with Crippen LogP contribution in [-0.4, -0.2) is 25.0 Å². The third kappa shape index (κ3) is 2.87. The van der Waals surface area contributed by atoms with Crippen molar-refractivity contribution in [1.82, 2.24) is 10.6 Å². The summed E-state index contributed by atoms with van der Waals surface area (Å²) in [6.07, 6.45) is 8.38. The molecule has 0 aromatic carbocycles. The zero-order valence-electron chi connectivity index (χ0n) is 11.9. The molecule has 2 aliphatic rings. The van der Waals surface area contributed by atoms with Gasteiger partial charge in [-0.15, -0.1) is 0 Å². The maximum Gasteiger partial charge on any atom is 0.227 e. The summed E-state index contributed by atoms with van der Waals surface area (Å²) < 4.78 is 0. The molecule has 0 spiro atoms. The quantitative estimate of drug-likeness (QED) is 0.789. The summed E-state index contributed by atoms with van der Waals surface area (Å²) in [4.78, 5) is 12.6. The molecular weight excluding hydrogens is 224 g/mol. The predicted octanol–water partition coefficient (Wildman–Crippen LogP) is 2.46. The molecule has 2 fully saturated rings. The highest BCUT2D eigenvalue weighted by atomic mass is 16.2. The Bertz CT molecular complexity index is 278. The lowest BCUT2D eigenvalue weighted by Crippen LogP contribution is -2.47. The van der Waals surface area contributed by atoms with E-state index in [0.717, 1.165) is 32.4 Å². The topological polar surface area (TPSA) is 41.1 Å². The van der Waals surface area contributed by atoms with Gasteiger partial charge in [0.05, 0.1) is 5.41 Å². The molecule has 2 N–H and O–H groups in total.